The SMILES string of the molecule is CC(C)C1OCCNC1C(=O)C=O. The predicted molar refractivity (Wildman–Crippen MR) is 47.4 cm³/mol. The minimum Gasteiger partial charge on any atom is -0.375 e. The highest BCUT2D eigenvalue weighted by Crippen LogP contribution is 2.14. The number of hydrogen-bond acceptors (Lipinski definition) is 4. The van der Waals surface area contributed by atoms with E-state index < -0.39 is 11.8 Å². The van der Waals surface area contributed by atoms with Gasteiger partial charge >= 0.3 is 0 Å². The van der Waals surface area contributed by atoms with Gasteiger partial charge in [0.25, 0.3) is 0 Å². The van der Waals surface area contributed by atoms with Gasteiger partial charge in [-0.15, -0.1) is 0 Å². The lowest BCUT2D eigenvalue weighted by Gasteiger charge is -2.33. The standard InChI is InChI=1S/C9H15NO3/c1-6(2)9-8(7(12)5-11)10-3-4-13-9/h5-6,8-10H,3-4H2,1-2H3. The Labute approximate surface area is 77.6 Å². The van der Waals surface area contributed by atoms with Crippen molar-refractivity contribution in [2.24, 2.45) is 5.92 Å². The molecule has 74 valence electrons. The van der Waals surface area contributed by atoms with Crippen LogP contribution >= 0.6 is 0 Å². The van der Waals surface area contributed by atoms with Gasteiger partial charge in [0.05, 0.1) is 12.7 Å². The summed E-state index contributed by atoms with van der Waals surface area (Å²) >= 11 is 0. The van der Waals surface area contributed by atoms with Gasteiger partial charge in [-0.25, -0.2) is 0 Å². The molecular formula is C9H15NO3. The minimum atomic E-state index is -0.453. The van der Waals surface area contributed by atoms with E-state index >= 15 is 0 Å². The number of ketones is 1. The first kappa shape index (κ1) is 10.3. The molecule has 1 rings (SSSR count). The van der Waals surface area contributed by atoms with Crippen LogP contribution in [-0.2, 0) is 14.3 Å². The van der Waals surface area contributed by atoms with Crippen molar-refractivity contribution < 1.29 is 14.3 Å². The molecule has 1 N–H and O–H groups in total. The lowest BCUT2D eigenvalue weighted by molar-refractivity contribution is -0.137. The monoisotopic (exact) mass is 185 g/mol. The zero-order chi connectivity index (χ0) is 9.84. The number of hydrogen-bond donors (Lipinski definition) is 1. The van der Waals surface area contributed by atoms with Crippen LogP contribution in [0.1, 0.15) is 13.8 Å². The van der Waals surface area contributed by atoms with Crippen molar-refractivity contribution in [1.82, 2.24) is 5.32 Å². The van der Waals surface area contributed by atoms with E-state index in [2.05, 4.69) is 5.32 Å². The van der Waals surface area contributed by atoms with Gasteiger partial charge in [0.1, 0.15) is 6.04 Å². The first-order valence-corrected chi connectivity index (χ1v) is 4.51. The molecule has 1 saturated heterocycles. The summed E-state index contributed by atoms with van der Waals surface area (Å²) in [5.74, 6) is -0.180. The fourth-order valence-electron chi connectivity index (χ4n) is 1.53. The highest BCUT2D eigenvalue weighted by Gasteiger charge is 2.32. The van der Waals surface area contributed by atoms with Crippen LogP contribution in [0.15, 0.2) is 0 Å². The highest BCUT2D eigenvalue weighted by atomic mass is 16.5. The van der Waals surface area contributed by atoms with Crippen LogP contribution in [0.25, 0.3) is 0 Å². The van der Waals surface area contributed by atoms with E-state index in [0.717, 1.165) is 0 Å². The number of Topliss-reactive ketones (excluding diaryl/α,β-unsaturated/α-hetero) is 1. The molecule has 0 aromatic carbocycles. The molecule has 1 fully saturated rings. The number of rotatable bonds is 3. The molecule has 2 atom stereocenters. The second-order valence-corrected chi connectivity index (χ2v) is 3.53. The van der Waals surface area contributed by atoms with Gasteiger partial charge in [-0.05, 0) is 5.92 Å². The smallest absolute Gasteiger partial charge is 0.214 e. The molecule has 0 amide bonds. The Bertz CT molecular complexity index is 203. The Balaban J connectivity index is 2.66. The van der Waals surface area contributed by atoms with Gasteiger partial charge in [-0.3, -0.25) is 9.59 Å². The fourth-order valence-corrected chi connectivity index (χ4v) is 1.53. The van der Waals surface area contributed by atoms with Crippen LogP contribution < -0.4 is 5.32 Å². The van der Waals surface area contributed by atoms with E-state index in [4.69, 9.17) is 4.74 Å². The van der Waals surface area contributed by atoms with Crippen molar-refractivity contribution in [1.29, 1.82) is 0 Å². The second-order valence-electron chi connectivity index (χ2n) is 3.53. The van der Waals surface area contributed by atoms with Gasteiger partial charge in [0, 0.05) is 6.54 Å². The summed E-state index contributed by atoms with van der Waals surface area (Å²) in [6.07, 6.45) is 0.188. The Morgan fingerprint density at radius 3 is 2.85 bits per heavy atom. The minimum absolute atomic E-state index is 0.175. The summed E-state index contributed by atoms with van der Waals surface area (Å²) in [7, 11) is 0. The number of carbonyl (C=O) groups is 2. The summed E-state index contributed by atoms with van der Waals surface area (Å²) in [5, 5.41) is 3.00. The molecule has 0 spiro atoms. The molecule has 13 heavy (non-hydrogen) atoms. The van der Waals surface area contributed by atoms with Crippen LogP contribution in [0.5, 0.6) is 0 Å². The summed E-state index contributed by atoms with van der Waals surface area (Å²) in [5.41, 5.74) is 0. The van der Waals surface area contributed by atoms with Crippen LogP contribution in [0.4, 0.5) is 0 Å². The van der Waals surface area contributed by atoms with Crippen molar-refractivity contribution in [3.05, 3.63) is 0 Å². The van der Waals surface area contributed by atoms with E-state index in [1.807, 2.05) is 13.8 Å². The second kappa shape index (κ2) is 4.48. The normalized spacial score (nSPS) is 28.8. The molecule has 0 saturated carbocycles. The number of morpholine rings is 1. The molecule has 1 aliphatic rings. The third-order valence-corrected chi connectivity index (χ3v) is 2.18. The topological polar surface area (TPSA) is 55.4 Å². The largest absolute Gasteiger partial charge is 0.375 e. The van der Waals surface area contributed by atoms with E-state index in [1.165, 1.54) is 0 Å². The van der Waals surface area contributed by atoms with Crippen LogP contribution in [0.3, 0.4) is 0 Å². The average Bonchev–Trinajstić information content (AvgIpc) is 2.16. The Morgan fingerprint density at radius 2 is 2.31 bits per heavy atom. The van der Waals surface area contributed by atoms with E-state index in [-0.39, 0.29) is 12.0 Å². The number of carbonyl (C=O) groups excluding carboxylic acids is 2. The van der Waals surface area contributed by atoms with E-state index in [9.17, 15) is 9.59 Å². The molecule has 0 aliphatic carbocycles. The lowest BCUT2D eigenvalue weighted by atomic mass is 9.95. The molecule has 0 radical (unpaired) electrons. The summed E-state index contributed by atoms with van der Waals surface area (Å²) in [4.78, 5) is 21.5. The molecule has 4 nitrogen and oxygen atoms in total. The van der Waals surface area contributed by atoms with Crippen LogP contribution in [-0.4, -0.2) is 37.4 Å². The van der Waals surface area contributed by atoms with Gasteiger partial charge in [-0.1, -0.05) is 13.8 Å². The average molecular weight is 185 g/mol. The Morgan fingerprint density at radius 1 is 1.62 bits per heavy atom. The molecule has 1 heterocycles. The Hall–Kier alpha value is -0.740. The summed E-state index contributed by atoms with van der Waals surface area (Å²) in [6.45, 7) is 5.18. The molecular weight excluding hydrogens is 170 g/mol. The quantitative estimate of drug-likeness (QED) is 0.487. The van der Waals surface area contributed by atoms with Gasteiger partial charge < -0.3 is 10.1 Å². The molecule has 2 unspecified atom stereocenters. The van der Waals surface area contributed by atoms with Crippen molar-refractivity contribution in [3.63, 3.8) is 0 Å². The van der Waals surface area contributed by atoms with Crippen molar-refractivity contribution in [2.45, 2.75) is 26.0 Å². The fraction of sp³-hybridized carbons (Fsp3) is 0.778. The van der Waals surface area contributed by atoms with Gasteiger partial charge in [-0.2, -0.15) is 0 Å². The predicted octanol–water partition coefficient (Wildman–Crippen LogP) is -0.233. The molecule has 4 heteroatoms. The molecule has 0 aromatic heterocycles. The first-order valence-electron chi connectivity index (χ1n) is 4.51. The summed E-state index contributed by atoms with van der Waals surface area (Å²) in [6, 6.07) is -0.453. The van der Waals surface area contributed by atoms with Crippen LogP contribution in [0, 0.1) is 5.92 Å². The number of nitrogens with one attached hydrogen (secondary N) is 1. The number of ether oxygens (including phenoxy) is 1. The third kappa shape index (κ3) is 2.35. The number of aldehydes is 1. The van der Waals surface area contributed by atoms with Gasteiger partial charge in [0.2, 0.25) is 5.78 Å². The maximum absolute atomic E-state index is 11.2. The summed E-state index contributed by atoms with van der Waals surface area (Å²) < 4.78 is 5.43. The maximum atomic E-state index is 11.2. The van der Waals surface area contributed by atoms with Crippen molar-refractivity contribution >= 4 is 12.1 Å². The zero-order valence-electron chi connectivity index (χ0n) is 7.95. The molecule has 0 bridgehead atoms. The highest BCUT2D eigenvalue weighted by molar-refractivity contribution is 6.27. The first-order chi connectivity index (χ1) is 6.16. The maximum Gasteiger partial charge on any atom is 0.214 e. The zero-order valence-corrected chi connectivity index (χ0v) is 7.95. The van der Waals surface area contributed by atoms with Gasteiger partial charge in [0.15, 0.2) is 6.29 Å². The molecule has 1 aliphatic heterocycles. The van der Waals surface area contributed by atoms with Crippen LogP contribution in [0.2, 0.25) is 0 Å². The molecule has 0 aromatic rings. The van der Waals surface area contributed by atoms with E-state index in [1.54, 1.807) is 0 Å². The van der Waals surface area contributed by atoms with Crippen molar-refractivity contribution in [2.75, 3.05) is 13.2 Å². The third-order valence-electron chi connectivity index (χ3n) is 2.18. The lowest BCUT2D eigenvalue weighted by Crippen LogP contribution is -2.55. The van der Waals surface area contributed by atoms with E-state index in [0.29, 0.717) is 19.4 Å². The van der Waals surface area contributed by atoms with Crippen molar-refractivity contribution in [3.8, 4) is 0 Å². The Kier molecular flexibility index (Phi) is 3.57.